The van der Waals surface area contributed by atoms with Gasteiger partial charge in [-0.1, -0.05) is 12.1 Å². The van der Waals surface area contributed by atoms with E-state index in [1.807, 2.05) is 12.1 Å². The van der Waals surface area contributed by atoms with Gasteiger partial charge in [-0.15, -0.1) is 0 Å². The number of hydrogen-bond donors (Lipinski definition) is 1. The minimum absolute atomic E-state index is 0.232. The molecule has 1 heterocycles. The Balaban J connectivity index is 2.30. The fraction of sp³-hybridized carbons (Fsp3) is 0.100. The van der Waals surface area contributed by atoms with Crippen molar-refractivity contribution in [1.82, 2.24) is 0 Å². The van der Waals surface area contributed by atoms with Crippen LogP contribution >= 0.6 is 0 Å². The van der Waals surface area contributed by atoms with Gasteiger partial charge < -0.3 is 10.5 Å². The maximum Gasteiger partial charge on any atom is 0.322 e. The van der Waals surface area contributed by atoms with Gasteiger partial charge in [-0.2, -0.15) is 0 Å². The molecular formula is C10H9NO2. The third kappa shape index (κ3) is 1.40. The smallest absolute Gasteiger partial charge is 0.322 e. The Morgan fingerprint density at radius 3 is 2.46 bits per heavy atom. The number of nitrogens with two attached hydrogens (primary N) is 1. The highest BCUT2D eigenvalue weighted by atomic mass is 16.5. The molecule has 0 aromatic heterocycles. The molecule has 66 valence electrons. The average molecular weight is 175 g/mol. The Kier molecular flexibility index (Phi) is 1.77. The van der Waals surface area contributed by atoms with Gasteiger partial charge in [-0.25, -0.2) is 0 Å². The van der Waals surface area contributed by atoms with E-state index in [0.29, 0.717) is 5.69 Å². The van der Waals surface area contributed by atoms with E-state index in [1.165, 1.54) is 6.26 Å². The number of anilines is 1. The molecule has 1 aromatic carbocycles. The van der Waals surface area contributed by atoms with E-state index in [9.17, 15) is 4.79 Å². The molecule has 0 fully saturated rings. The van der Waals surface area contributed by atoms with E-state index in [0.717, 1.165) is 5.56 Å². The highest BCUT2D eigenvalue weighted by Crippen LogP contribution is 2.24. The summed E-state index contributed by atoms with van der Waals surface area (Å²) in [6.45, 7) is 0. The predicted octanol–water partition coefficient (Wildman–Crippen LogP) is 1.42. The number of nitrogen functional groups attached to an aromatic ring is 1. The van der Waals surface area contributed by atoms with Crippen LogP contribution in [0, 0.1) is 0 Å². The first kappa shape index (κ1) is 7.86. The lowest BCUT2D eigenvalue weighted by molar-refractivity contribution is -0.136. The Labute approximate surface area is 75.8 Å². The number of benzene rings is 1. The van der Waals surface area contributed by atoms with Gasteiger partial charge in [-0.05, 0) is 23.8 Å². The first-order chi connectivity index (χ1) is 6.27. The van der Waals surface area contributed by atoms with Crippen LogP contribution in [0.2, 0.25) is 0 Å². The second-order valence-corrected chi connectivity index (χ2v) is 2.91. The molecular weight excluding hydrogens is 166 g/mol. The zero-order valence-electron chi connectivity index (χ0n) is 6.94. The van der Waals surface area contributed by atoms with Crippen LogP contribution in [0.25, 0.3) is 0 Å². The summed E-state index contributed by atoms with van der Waals surface area (Å²) in [6, 6.07) is 7.21. The van der Waals surface area contributed by atoms with Crippen molar-refractivity contribution in [3.8, 4) is 0 Å². The molecule has 0 saturated heterocycles. The Bertz CT molecular complexity index is 354. The standard InChI is InChI=1S/C10H9NO2/c11-8-3-1-7(2-4-8)9-5-6-13-10(9)12/h1-6,9H,11H2. The minimum atomic E-state index is -0.263. The second-order valence-electron chi connectivity index (χ2n) is 2.91. The number of ether oxygens (including phenoxy) is 1. The fourth-order valence-corrected chi connectivity index (χ4v) is 1.29. The van der Waals surface area contributed by atoms with Crippen LogP contribution in [-0.4, -0.2) is 5.97 Å². The molecule has 0 bridgehead atoms. The Hall–Kier alpha value is -1.77. The number of cyclic esters (lactones) is 1. The van der Waals surface area contributed by atoms with Crippen molar-refractivity contribution in [3.63, 3.8) is 0 Å². The topological polar surface area (TPSA) is 52.3 Å². The molecule has 1 aromatic rings. The van der Waals surface area contributed by atoms with Crippen molar-refractivity contribution in [1.29, 1.82) is 0 Å². The van der Waals surface area contributed by atoms with Gasteiger partial charge in [0.1, 0.15) is 5.92 Å². The van der Waals surface area contributed by atoms with Gasteiger partial charge in [0.05, 0.1) is 6.26 Å². The summed E-state index contributed by atoms with van der Waals surface area (Å²) in [5.41, 5.74) is 7.13. The van der Waals surface area contributed by atoms with Crippen molar-refractivity contribution >= 4 is 11.7 Å². The molecule has 13 heavy (non-hydrogen) atoms. The highest BCUT2D eigenvalue weighted by molar-refractivity contribution is 5.83. The van der Waals surface area contributed by atoms with Crippen LogP contribution in [0.15, 0.2) is 36.6 Å². The second kappa shape index (κ2) is 2.94. The SMILES string of the molecule is Nc1ccc(C2C=COC2=O)cc1. The van der Waals surface area contributed by atoms with Gasteiger partial charge in [-0.3, -0.25) is 4.79 Å². The lowest BCUT2D eigenvalue weighted by Crippen LogP contribution is -2.05. The van der Waals surface area contributed by atoms with Crippen molar-refractivity contribution in [2.45, 2.75) is 5.92 Å². The van der Waals surface area contributed by atoms with E-state index in [2.05, 4.69) is 0 Å². The Morgan fingerprint density at radius 2 is 1.92 bits per heavy atom. The van der Waals surface area contributed by atoms with E-state index >= 15 is 0 Å². The maximum absolute atomic E-state index is 11.1. The summed E-state index contributed by atoms with van der Waals surface area (Å²) in [5.74, 6) is -0.495. The van der Waals surface area contributed by atoms with Crippen LogP contribution in [0.5, 0.6) is 0 Å². The van der Waals surface area contributed by atoms with Crippen molar-refractivity contribution in [2.24, 2.45) is 0 Å². The number of hydrogen-bond acceptors (Lipinski definition) is 3. The first-order valence-electron chi connectivity index (χ1n) is 4.00. The molecule has 3 nitrogen and oxygen atoms in total. The molecule has 0 spiro atoms. The largest absolute Gasteiger partial charge is 0.434 e. The normalized spacial score (nSPS) is 20.3. The van der Waals surface area contributed by atoms with Crippen molar-refractivity contribution < 1.29 is 9.53 Å². The van der Waals surface area contributed by atoms with Gasteiger partial charge in [0, 0.05) is 5.69 Å². The molecule has 2 rings (SSSR count). The number of carbonyl (C=O) groups excluding carboxylic acids is 1. The number of carbonyl (C=O) groups is 1. The van der Waals surface area contributed by atoms with Crippen LogP contribution in [-0.2, 0) is 9.53 Å². The molecule has 2 N–H and O–H groups in total. The van der Waals surface area contributed by atoms with Crippen LogP contribution < -0.4 is 5.73 Å². The molecule has 3 heteroatoms. The average Bonchev–Trinajstić information content (AvgIpc) is 2.53. The van der Waals surface area contributed by atoms with E-state index in [1.54, 1.807) is 18.2 Å². The van der Waals surface area contributed by atoms with Crippen molar-refractivity contribution in [2.75, 3.05) is 5.73 Å². The quantitative estimate of drug-likeness (QED) is 0.518. The van der Waals surface area contributed by atoms with Crippen molar-refractivity contribution in [3.05, 3.63) is 42.2 Å². The Morgan fingerprint density at radius 1 is 1.23 bits per heavy atom. The monoisotopic (exact) mass is 175 g/mol. The molecule has 0 saturated carbocycles. The van der Waals surface area contributed by atoms with Crippen LogP contribution in [0.1, 0.15) is 11.5 Å². The van der Waals surface area contributed by atoms with Crippen LogP contribution in [0.4, 0.5) is 5.69 Å². The maximum atomic E-state index is 11.1. The number of rotatable bonds is 1. The third-order valence-electron chi connectivity index (χ3n) is 2.00. The zero-order valence-corrected chi connectivity index (χ0v) is 6.94. The molecule has 0 amide bonds. The molecule has 1 aliphatic rings. The molecule has 1 unspecified atom stereocenters. The summed E-state index contributed by atoms with van der Waals surface area (Å²) in [6.07, 6.45) is 3.15. The predicted molar refractivity (Wildman–Crippen MR) is 48.8 cm³/mol. The van der Waals surface area contributed by atoms with E-state index in [-0.39, 0.29) is 11.9 Å². The molecule has 1 atom stereocenters. The fourth-order valence-electron chi connectivity index (χ4n) is 1.29. The number of esters is 1. The van der Waals surface area contributed by atoms with Gasteiger partial charge in [0.25, 0.3) is 0 Å². The lowest BCUT2D eigenvalue weighted by atomic mass is 10.0. The van der Waals surface area contributed by atoms with E-state index in [4.69, 9.17) is 10.5 Å². The summed E-state index contributed by atoms with van der Waals surface area (Å²) in [7, 11) is 0. The highest BCUT2D eigenvalue weighted by Gasteiger charge is 2.22. The first-order valence-corrected chi connectivity index (χ1v) is 4.00. The van der Waals surface area contributed by atoms with E-state index < -0.39 is 0 Å². The van der Waals surface area contributed by atoms with Gasteiger partial charge >= 0.3 is 5.97 Å². The summed E-state index contributed by atoms with van der Waals surface area (Å²) >= 11 is 0. The molecule has 1 aliphatic heterocycles. The summed E-state index contributed by atoms with van der Waals surface area (Å²) in [4.78, 5) is 11.1. The van der Waals surface area contributed by atoms with Crippen LogP contribution in [0.3, 0.4) is 0 Å². The minimum Gasteiger partial charge on any atom is -0.434 e. The summed E-state index contributed by atoms with van der Waals surface area (Å²) in [5, 5.41) is 0. The summed E-state index contributed by atoms with van der Waals surface area (Å²) < 4.78 is 4.70. The molecule has 0 aliphatic carbocycles. The zero-order chi connectivity index (χ0) is 9.26. The molecule has 0 radical (unpaired) electrons. The van der Waals surface area contributed by atoms with Gasteiger partial charge in [0.2, 0.25) is 0 Å². The third-order valence-corrected chi connectivity index (χ3v) is 2.00. The lowest BCUT2D eigenvalue weighted by Gasteiger charge is -2.04. The van der Waals surface area contributed by atoms with Gasteiger partial charge in [0.15, 0.2) is 0 Å².